The second-order valence-electron chi connectivity index (χ2n) is 6.70. The highest BCUT2D eigenvalue weighted by molar-refractivity contribution is 6.05. The van der Waals surface area contributed by atoms with Crippen LogP contribution in [0.2, 0.25) is 0 Å². The highest BCUT2D eigenvalue weighted by Gasteiger charge is 2.29. The van der Waals surface area contributed by atoms with Crippen LogP contribution in [0.15, 0.2) is 35.2 Å². The van der Waals surface area contributed by atoms with Gasteiger partial charge in [-0.05, 0) is 12.1 Å². The van der Waals surface area contributed by atoms with Crippen molar-refractivity contribution in [2.45, 2.75) is 6.18 Å². The molecule has 4 rings (SSSR count). The maximum Gasteiger partial charge on any atom is 0.415 e. The molecule has 0 aliphatic carbocycles. The Balaban J connectivity index is 1.49. The van der Waals surface area contributed by atoms with E-state index in [0.717, 1.165) is 6.26 Å². The lowest BCUT2D eigenvalue weighted by atomic mass is 10.2. The predicted octanol–water partition coefficient (Wildman–Crippen LogP) is 2.65. The number of oxazole rings is 1. The summed E-state index contributed by atoms with van der Waals surface area (Å²) in [6, 6.07) is 2.79. The zero-order valence-corrected chi connectivity index (χ0v) is 16.5. The number of hydrogen-bond acceptors (Lipinski definition) is 8. The normalized spacial score (nSPS) is 13.9. The molecular formula is C18H16F3N7O4. The molecule has 2 N–H and O–H groups in total. The minimum Gasteiger partial charge on any atom is -0.447 e. The number of ether oxygens (including phenoxy) is 1. The van der Waals surface area contributed by atoms with E-state index in [-0.39, 0.29) is 35.5 Å². The summed E-state index contributed by atoms with van der Waals surface area (Å²) >= 11 is 0. The number of cyclic esters (lactones) is 1. The third-order valence-electron chi connectivity index (χ3n) is 4.29. The van der Waals surface area contributed by atoms with E-state index in [9.17, 15) is 22.8 Å². The van der Waals surface area contributed by atoms with Gasteiger partial charge in [-0.2, -0.15) is 18.3 Å². The van der Waals surface area contributed by atoms with Gasteiger partial charge < -0.3 is 19.8 Å². The number of carbonyl (C=O) groups excluding carboxylic acids is 2. The van der Waals surface area contributed by atoms with Crippen molar-refractivity contribution in [1.82, 2.24) is 19.7 Å². The minimum atomic E-state index is -4.40. The number of hydrogen-bond donors (Lipinski definition) is 2. The van der Waals surface area contributed by atoms with Gasteiger partial charge >= 0.3 is 12.3 Å². The molecule has 0 bridgehead atoms. The molecule has 168 valence electrons. The summed E-state index contributed by atoms with van der Waals surface area (Å²) in [4.78, 5) is 33.6. The van der Waals surface area contributed by atoms with Gasteiger partial charge in [0.15, 0.2) is 11.5 Å². The first-order valence-electron chi connectivity index (χ1n) is 9.21. The molecule has 0 radical (unpaired) electrons. The van der Waals surface area contributed by atoms with E-state index in [1.54, 1.807) is 7.05 Å². The van der Waals surface area contributed by atoms with Gasteiger partial charge in [0.1, 0.15) is 30.9 Å². The topological polar surface area (TPSA) is 127 Å². The zero-order valence-electron chi connectivity index (χ0n) is 16.5. The number of rotatable bonds is 6. The van der Waals surface area contributed by atoms with Gasteiger partial charge in [0.2, 0.25) is 5.89 Å². The lowest BCUT2D eigenvalue weighted by molar-refractivity contribution is -0.115. The van der Waals surface area contributed by atoms with E-state index in [2.05, 4.69) is 25.7 Å². The first kappa shape index (κ1) is 21.1. The van der Waals surface area contributed by atoms with Crippen LogP contribution < -0.4 is 15.5 Å². The molecule has 1 saturated heterocycles. The fourth-order valence-corrected chi connectivity index (χ4v) is 2.90. The molecule has 0 atom stereocenters. The molecule has 32 heavy (non-hydrogen) atoms. The molecule has 0 spiro atoms. The van der Waals surface area contributed by atoms with Crippen LogP contribution in [0.25, 0.3) is 11.5 Å². The SMILES string of the molecule is Cn1cc(NC(=O)c2coc(-c3ccnc(NCC(F)(F)F)c3)n2)c(N2CCOC2=O)n1. The van der Waals surface area contributed by atoms with Crippen molar-refractivity contribution in [1.29, 1.82) is 0 Å². The average molecular weight is 451 g/mol. The van der Waals surface area contributed by atoms with Crippen molar-refractivity contribution in [2.75, 3.05) is 35.2 Å². The van der Waals surface area contributed by atoms with E-state index in [4.69, 9.17) is 9.15 Å². The van der Waals surface area contributed by atoms with Crippen LogP contribution in [0.3, 0.4) is 0 Å². The maximum absolute atomic E-state index is 12.6. The molecule has 4 heterocycles. The van der Waals surface area contributed by atoms with Gasteiger partial charge in [0.05, 0.1) is 12.7 Å². The first-order chi connectivity index (χ1) is 15.2. The third kappa shape index (κ3) is 4.63. The Bertz CT molecular complexity index is 1160. The zero-order chi connectivity index (χ0) is 22.9. The van der Waals surface area contributed by atoms with Gasteiger partial charge in [-0.15, -0.1) is 0 Å². The highest BCUT2D eigenvalue weighted by atomic mass is 19.4. The van der Waals surface area contributed by atoms with E-state index in [1.807, 2.05) is 0 Å². The number of carbonyl (C=O) groups is 2. The smallest absolute Gasteiger partial charge is 0.415 e. The Morgan fingerprint density at radius 2 is 2.16 bits per heavy atom. The van der Waals surface area contributed by atoms with Gasteiger partial charge in [-0.25, -0.2) is 14.8 Å². The fraction of sp³-hybridized carbons (Fsp3) is 0.278. The fourth-order valence-electron chi connectivity index (χ4n) is 2.90. The van der Waals surface area contributed by atoms with Crippen LogP contribution in [0, 0.1) is 0 Å². The lowest BCUT2D eigenvalue weighted by Gasteiger charge is -2.11. The number of nitrogens with one attached hydrogen (secondary N) is 2. The van der Waals surface area contributed by atoms with Crippen LogP contribution in [0.5, 0.6) is 0 Å². The lowest BCUT2D eigenvalue weighted by Crippen LogP contribution is -2.25. The van der Waals surface area contributed by atoms with Crippen LogP contribution >= 0.6 is 0 Å². The largest absolute Gasteiger partial charge is 0.447 e. The Kier molecular flexibility index (Phi) is 5.42. The summed E-state index contributed by atoms with van der Waals surface area (Å²) < 4.78 is 48.8. The second-order valence-corrected chi connectivity index (χ2v) is 6.70. The van der Waals surface area contributed by atoms with Crippen LogP contribution in [0.4, 0.5) is 35.3 Å². The summed E-state index contributed by atoms with van der Waals surface area (Å²) in [5.41, 5.74) is 0.509. The van der Waals surface area contributed by atoms with E-state index in [1.165, 1.54) is 34.1 Å². The van der Waals surface area contributed by atoms with Crippen LogP contribution in [-0.2, 0) is 11.8 Å². The molecule has 0 saturated carbocycles. The molecule has 3 aromatic heterocycles. The van der Waals surface area contributed by atoms with Gasteiger partial charge in [-0.3, -0.25) is 14.4 Å². The molecule has 14 heteroatoms. The van der Waals surface area contributed by atoms with E-state index >= 15 is 0 Å². The standard InChI is InChI=1S/C18H16F3N7O4/c1-27-7-11(14(26-27)28-4-5-31-17(28)30)24-15(29)12-8-32-16(25-12)10-2-3-22-13(6-10)23-9-18(19,20)21/h2-3,6-8H,4-5,9H2,1H3,(H,22,23)(H,24,29). The number of anilines is 3. The van der Waals surface area contributed by atoms with Crippen molar-refractivity contribution in [3.05, 3.63) is 36.5 Å². The van der Waals surface area contributed by atoms with E-state index < -0.39 is 24.7 Å². The summed E-state index contributed by atoms with van der Waals surface area (Å²) in [5, 5.41) is 8.95. The number of halogens is 3. The Labute approximate surface area is 178 Å². The Morgan fingerprint density at radius 3 is 2.88 bits per heavy atom. The molecule has 2 amide bonds. The van der Waals surface area contributed by atoms with Crippen molar-refractivity contribution in [2.24, 2.45) is 7.05 Å². The number of pyridine rings is 1. The van der Waals surface area contributed by atoms with Crippen LogP contribution in [-0.4, -0.2) is 57.6 Å². The number of aryl methyl sites for hydroxylation is 1. The molecule has 0 unspecified atom stereocenters. The summed E-state index contributed by atoms with van der Waals surface area (Å²) in [6.07, 6.45) is -1.07. The summed E-state index contributed by atoms with van der Waals surface area (Å²) in [6.45, 7) is -0.749. The van der Waals surface area contributed by atoms with Crippen molar-refractivity contribution in [3.63, 3.8) is 0 Å². The number of amides is 2. The molecule has 11 nitrogen and oxygen atoms in total. The predicted molar refractivity (Wildman–Crippen MR) is 104 cm³/mol. The van der Waals surface area contributed by atoms with Gasteiger partial charge in [0, 0.05) is 18.8 Å². The number of aromatic nitrogens is 4. The molecule has 1 aliphatic rings. The average Bonchev–Trinajstić information content (AvgIpc) is 3.46. The minimum absolute atomic E-state index is 0.0159. The Hall–Kier alpha value is -4.10. The van der Waals surface area contributed by atoms with Crippen molar-refractivity contribution < 1.29 is 31.9 Å². The van der Waals surface area contributed by atoms with E-state index in [0.29, 0.717) is 12.1 Å². The molecular weight excluding hydrogens is 435 g/mol. The first-order valence-corrected chi connectivity index (χ1v) is 9.21. The molecule has 3 aromatic rings. The summed E-state index contributed by atoms with van der Waals surface area (Å²) in [7, 11) is 1.63. The van der Waals surface area contributed by atoms with Gasteiger partial charge in [0.25, 0.3) is 5.91 Å². The maximum atomic E-state index is 12.6. The molecule has 1 fully saturated rings. The summed E-state index contributed by atoms with van der Waals surface area (Å²) in [5.74, 6) is -0.420. The number of alkyl halides is 3. The van der Waals surface area contributed by atoms with Crippen molar-refractivity contribution in [3.8, 4) is 11.5 Å². The quantitative estimate of drug-likeness (QED) is 0.586. The van der Waals surface area contributed by atoms with Crippen molar-refractivity contribution >= 4 is 29.3 Å². The third-order valence-corrected chi connectivity index (χ3v) is 4.29. The number of nitrogens with zero attached hydrogens (tertiary/aromatic N) is 5. The monoisotopic (exact) mass is 451 g/mol. The van der Waals surface area contributed by atoms with Crippen LogP contribution in [0.1, 0.15) is 10.5 Å². The molecule has 0 aromatic carbocycles. The molecule has 1 aliphatic heterocycles. The highest BCUT2D eigenvalue weighted by Crippen LogP contribution is 2.27. The second kappa shape index (κ2) is 8.20. The Morgan fingerprint density at radius 1 is 1.34 bits per heavy atom. The van der Waals surface area contributed by atoms with Gasteiger partial charge in [-0.1, -0.05) is 0 Å².